The molecule has 0 saturated carbocycles. The molecule has 5 nitrogen and oxygen atoms in total. The molecule has 1 atom stereocenters. The lowest BCUT2D eigenvalue weighted by molar-refractivity contribution is -0.129. The summed E-state index contributed by atoms with van der Waals surface area (Å²) in [5.74, 6) is -0.139. The molecule has 0 aliphatic rings. The van der Waals surface area contributed by atoms with Crippen molar-refractivity contribution in [2.24, 2.45) is 5.73 Å². The number of amides is 2. The summed E-state index contributed by atoms with van der Waals surface area (Å²) in [6.07, 6.45) is 46.6. The van der Waals surface area contributed by atoms with Gasteiger partial charge in [-0.2, -0.15) is 0 Å². The molecule has 0 bridgehead atoms. The van der Waals surface area contributed by atoms with Gasteiger partial charge in [-0.1, -0.05) is 147 Å². The van der Waals surface area contributed by atoms with Crippen molar-refractivity contribution >= 4 is 11.8 Å². The Labute approximate surface area is 293 Å². The van der Waals surface area contributed by atoms with Crippen molar-refractivity contribution < 1.29 is 9.59 Å². The fourth-order valence-electron chi connectivity index (χ4n) is 5.25. The van der Waals surface area contributed by atoms with E-state index in [1.54, 1.807) is 0 Å². The number of carbonyl (C=O) groups is 2. The lowest BCUT2D eigenvalue weighted by Gasteiger charge is -2.18. The Bertz CT molecular complexity index is 772. The van der Waals surface area contributed by atoms with Crippen LogP contribution >= 0.6 is 0 Å². The summed E-state index contributed by atoms with van der Waals surface area (Å²) in [6.45, 7) is 9.53. The van der Waals surface area contributed by atoms with Gasteiger partial charge in [0, 0.05) is 13.0 Å². The van der Waals surface area contributed by atoms with Gasteiger partial charge in [-0.05, 0) is 90.0 Å². The van der Waals surface area contributed by atoms with Gasteiger partial charge in [-0.3, -0.25) is 9.59 Å². The Morgan fingerprint density at radius 3 is 1.40 bits per heavy atom. The monoisotopic (exact) mass is 658 g/mol. The van der Waals surface area contributed by atoms with Gasteiger partial charge in [-0.15, -0.1) is 0 Å². The van der Waals surface area contributed by atoms with Gasteiger partial charge in [0.2, 0.25) is 11.8 Å². The number of hydrogen-bond donors (Lipinski definition) is 3. The lowest BCUT2D eigenvalue weighted by atomic mass is 10.1. The van der Waals surface area contributed by atoms with Crippen LogP contribution in [-0.4, -0.2) is 30.9 Å². The zero-order valence-corrected chi connectivity index (χ0v) is 31.7. The van der Waals surface area contributed by atoms with Gasteiger partial charge < -0.3 is 16.4 Å². The molecule has 0 saturated heterocycles. The molecule has 1 unspecified atom stereocenters. The first-order chi connectivity index (χ1) is 23.2. The quantitative estimate of drug-likeness (QED) is 0.0485. The van der Waals surface area contributed by atoms with Gasteiger partial charge in [0.15, 0.2) is 0 Å². The Balaban J connectivity index is 0. The molecular weight excluding hydrogens is 578 g/mol. The smallest absolute Gasteiger partial charge is 0.242 e. The lowest BCUT2D eigenvalue weighted by Crippen LogP contribution is -2.47. The zero-order valence-electron chi connectivity index (χ0n) is 31.7. The van der Waals surface area contributed by atoms with Gasteiger partial charge in [-0.25, -0.2) is 0 Å². The second-order valence-corrected chi connectivity index (χ2v) is 12.6. The summed E-state index contributed by atoms with van der Waals surface area (Å²) in [5, 5.41) is 5.93. The minimum Gasteiger partial charge on any atom is -0.354 e. The molecule has 0 aliphatic carbocycles. The van der Waals surface area contributed by atoms with E-state index in [0.29, 0.717) is 25.9 Å². The van der Waals surface area contributed by atoms with Crippen LogP contribution in [0.25, 0.3) is 0 Å². The fourth-order valence-corrected chi connectivity index (χ4v) is 5.25. The van der Waals surface area contributed by atoms with E-state index in [-0.39, 0.29) is 11.8 Å². The van der Waals surface area contributed by atoms with Crippen molar-refractivity contribution in [2.75, 3.05) is 13.1 Å². The third kappa shape index (κ3) is 38.2. The number of carbonyl (C=O) groups excluding carboxylic acids is 2. The van der Waals surface area contributed by atoms with Crippen LogP contribution < -0.4 is 16.4 Å². The molecule has 0 aromatic heterocycles. The van der Waals surface area contributed by atoms with Crippen molar-refractivity contribution in [1.29, 1.82) is 0 Å². The van der Waals surface area contributed by atoms with Crippen LogP contribution in [-0.2, 0) is 9.59 Å². The highest BCUT2D eigenvalue weighted by Crippen LogP contribution is 2.10. The van der Waals surface area contributed by atoms with Crippen LogP contribution in [0.5, 0.6) is 0 Å². The molecule has 0 aromatic rings. The van der Waals surface area contributed by atoms with Gasteiger partial charge in [0.1, 0.15) is 6.04 Å². The third-order valence-corrected chi connectivity index (χ3v) is 8.14. The first-order valence-corrected chi connectivity index (χ1v) is 20.0. The van der Waals surface area contributed by atoms with E-state index in [1.807, 2.05) is 13.8 Å². The number of hydrogen-bond acceptors (Lipinski definition) is 3. The maximum atomic E-state index is 12.6. The maximum absolute atomic E-state index is 12.6. The van der Waals surface area contributed by atoms with Crippen molar-refractivity contribution in [3.05, 3.63) is 48.6 Å². The molecule has 0 spiro atoms. The van der Waals surface area contributed by atoms with Crippen LogP contribution in [0, 0.1) is 0 Å². The van der Waals surface area contributed by atoms with E-state index < -0.39 is 6.04 Å². The molecule has 5 heteroatoms. The van der Waals surface area contributed by atoms with Crippen molar-refractivity contribution in [3.8, 4) is 0 Å². The molecule has 0 fully saturated rings. The molecular formula is C42H79N3O2. The molecule has 0 aromatic carbocycles. The van der Waals surface area contributed by atoms with Crippen molar-refractivity contribution in [2.45, 2.75) is 194 Å². The average Bonchev–Trinajstić information content (AvgIpc) is 3.08. The maximum Gasteiger partial charge on any atom is 0.242 e. The van der Waals surface area contributed by atoms with E-state index in [9.17, 15) is 9.59 Å². The number of rotatable bonds is 33. The standard InChI is InChI=1S/C40H73N3O2.C2H6/c1-3-5-7-9-11-13-15-17-19-21-23-25-27-29-31-33-37-42-40(45)38(35-36-41)43-39(44)34-32-30-28-26-24-22-20-18-16-14-12-10-8-6-4-2;1-2/h11-14,17-20,38H,3-10,15-16,21-37,41H2,1-2H3,(H,42,45)(H,43,44);1-2H3/b13-11-,14-12-,19-17-,20-18-;. The van der Waals surface area contributed by atoms with E-state index in [1.165, 1.54) is 96.3 Å². The Hall–Kier alpha value is -2.14. The Morgan fingerprint density at radius 2 is 0.957 bits per heavy atom. The van der Waals surface area contributed by atoms with Crippen LogP contribution in [0.1, 0.15) is 188 Å². The number of allylic oxidation sites excluding steroid dienone is 8. The Morgan fingerprint density at radius 1 is 0.553 bits per heavy atom. The second kappa shape index (κ2) is 41.9. The highest BCUT2D eigenvalue weighted by Gasteiger charge is 2.19. The fraction of sp³-hybridized carbons (Fsp3) is 0.762. The minimum atomic E-state index is -0.523. The molecule has 0 aliphatic heterocycles. The third-order valence-electron chi connectivity index (χ3n) is 8.14. The Kier molecular flexibility index (Phi) is 41.9. The van der Waals surface area contributed by atoms with Gasteiger partial charge in [0.25, 0.3) is 0 Å². The van der Waals surface area contributed by atoms with E-state index in [4.69, 9.17) is 5.73 Å². The van der Waals surface area contributed by atoms with E-state index in [2.05, 4.69) is 73.1 Å². The first kappa shape index (κ1) is 47.0. The summed E-state index contributed by atoms with van der Waals surface area (Å²) in [5.41, 5.74) is 5.73. The number of nitrogens with two attached hydrogens (primary N) is 1. The first-order valence-electron chi connectivity index (χ1n) is 20.0. The summed E-state index contributed by atoms with van der Waals surface area (Å²) in [7, 11) is 0. The van der Waals surface area contributed by atoms with Crippen molar-refractivity contribution in [1.82, 2.24) is 10.6 Å². The van der Waals surface area contributed by atoms with Gasteiger partial charge >= 0.3 is 0 Å². The average molecular weight is 658 g/mol. The molecule has 47 heavy (non-hydrogen) atoms. The van der Waals surface area contributed by atoms with E-state index >= 15 is 0 Å². The largest absolute Gasteiger partial charge is 0.354 e. The molecule has 274 valence electrons. The van der Waals surface area contributed by atoms with Gasteiger partial charge in [0.05, 0.1) is 0 Å². The number of nitrogens with one attached hydrogen (secondary N) is 2. The van der Waals surface area contributed by atoms with Crippen LogP contribution in [0.3, 0.4) is 0 Å². The normalized spacial score (nSPS) is 12.3. The summed E-state index contributed by atoms with van der Waals surface area (Å²) in [6, 6.07) is -0.523. The highest BCUT2D eigenvalue weighted by molar-refractivity contribution is 5.87. The summed E-state index contributed by atoms with van der Waals surface area (Å²) in [4.78, 5) is 25.1. The highest BCUT2D eigenvalue weighted by atomic mass is 16.2. The zero-order chi connectivity index (χ0) is 34.9. The molecule has 4 N–H and O–H groups in total. The SMILES string of the molecule is CC.CCCCC/C=C\C/C=C\CCCCCCCCNC(=O)C(CCN)NC(=O)CCCCCCC/C=C\C/C=C\CCCCC. The summed E-state index contributed by atoms with van der Waals surface area (Å²) >= 11 is 0. The topological polar surface area (TPSA) is 84.2 Å². The molecule has 0 radical (unpaired) electrons. The molecule has 0 rings (SSSR count). The van der Waals surface area contributed by atoms with Crippen LogP contribution in [0.15, 0.2) is 48.6 Å². The number of unbranched alkanes of at least 4 members (excludes halogenated alkanes) is 17. The predicted octanol–water partition coefficient (Wildman–Crippen LogP) is 11.6. The molecule has 0 heterocycles. The summed E-state index contributed by atoms with van der Waals surface area (Å²) < 4.78 is 0. The van der Waals surface area contributed by atoms with Crippen LogP contribution in [0.2, 0.25) is 0 Å². The minimum absolute atomic E-state index is 0.0389. The second-order valence-electron chi connectivity index (χ2n) is 12.6. The van der Waals surface area contributed by atoms with Crippen molar-refractivity contribution in [3.63, 3.8) is 0 Å². The van der Waals surface area contributed by atoms with E-state index in [0.717, 1.165) is 51.4 Å². The predicted molar refractivity (Wildman–Crippen MR) is 209 cm³/mol. The van der Waals surface area contributed by atoms with Crippen LogP contribution in [0.4, 0.5) is 0 Å². The molecule has 2 amide bonds.